The van der Waals surface area contributed by atoms with Gasteiger partial charge in [0.05, 0.1) is 0 Å². The quantitative estimate of drug-likeness (QED) is 0.709. The number of nitrogens with zero attached hydrogens (tertiary/aromatic N) is 2. The Labute approximate surface area is 131 Å². The molecule has 5 heteroatoms. The molecule has 3 aromatic rings. The lowest BCUT2D eigenvalue weighted by atomic mass is 9.83. The first kappa shape index (κ1) is 14.6. The van der Waals surface area contributed by atoms with Gasteiger partial charge in [-0.3, -0.25) is 0 Å². The number of benzene rings is 2. The molecule has 3 rings (SSSR count). The Morgan fingerprint density at radius 1 is 0.773 bits per heavy atom. The summed E-state index contributed by atoms with van der Waals surface area (Å²) in [5.41, 5.74) is -1.05. The molecule has 2 nitrogen and oxygen atoms in total. The maximum atomic E-state index is 16.0. The van der Waals surface area contributed by atoms with Gasteiger partial charge in [0.25, 0.3) is 0 Å². The minimum Gasteiger partial charge on any atom is -0.244 e. The normalized spacial score (nSPS) is 13.6. The van der Waals surface area contributed by atoms with Crippen molar-refractivity contribution in [1.29, 1.82) is 0 Å². The average molecular weight is 317 g/mol. The van der Waals surface area contributed by atoms with Crippen LogP contribution in [0.3, 0.4) is 0 Å². The van der Waals surface area contributed by atoms with Crippen LogP contribution in [0, 0.1) is 5.82 Å². The van der Waals surface area contributed by atoms with Gasteiger partial charge in [-0.2, -0.15) is 0 Å². The highest BCUT2D eigenvalue weighted by Crippen LogP contribution is 2.40. The lowest BCUT2D eigenvalue weighted by molar-refractivity contribution is 0.279. The van der Waals surface area contributed by atoms with E-state index in [4.69, 9.17) is 11.6 Å². The van der Waals surface area contributed by atoms with E-state index in [1.54, 1.807) is 24.3 Å². The summed E-state index contributed by atoms with van der Waals surface area (Å²) < 4.78 is 29.2. The van der Waals surface area contributed by atoms with Crippen LogP contribution in [-0.2, 0) is 5.67 Å². The van der Waals surface area contributed by atoms with Gasteiger partial charge in [-0.1, -0.05) is 35.9 Å². The molecule has 0 amide bonds. The number of halogens is 3. The van der Waals surface area contributed by atoms with Gasteiger partial charge in [-0.25, -0.2) is 18.7 Å². The molecule has 0 aliphatic carbocycles. The third-order valence-electron chi connectivity index (χ3n) is 3.44. The summed E-state index contributed by atoms with van der Waals surface area (Å²) in [5, 5.41) is 0.509. The summed E-state index contributed by atoms with van der Waals surface area (Å²) in [6.07, 6.45) is 4.15. The fourth-order valence-corrected chi connectivity index (χ4v) is 2.46. The molecule has 0 aliphatic rings. The molecule has 22 heavy (non-hydrogen) atoms. The van der Waals surface area contributed by atoms with Crippen LogP contribution in [0.15, 0.2) is 67.3 Å². The summed E-state index contributed by atoms with van der Waals surface area (Å²) in [6.45, 7) is 0. The second kappa shape index (κ2) is 5.81. The minimum atomic E-state index is -1.99. The first-order valence-electron chi connectivity index (χ1n) is 6.57. The van der Waals surface area contributed by atoms with Gasteiger partial charge in [0.15, 0.2) is 5.67 Å². The lowest BCUT2D eigenvalue weighted by Gasteiger charge is -2.26. The highest BCUT2D eigenvalue weighted by atomic mass is 35.5. The number of hydrogen-bond donors (Lipinski definition) is 0. The summed E-state index contributed by atoms with van der Waals surface area (Å²) in [4.78, 5) is 7.77. The molecular weight excluding hydrogens is 306 g/mol. The molecule has 0 saturated carbocycles. The average Bonchev–Trinajstić information content (AvgIpc) is 2.56. The van der Waals surface area contributed by atoms with Crippen LogP contribution < -0.4 is 0 Å². The van der Waals surface area contributed by atoms with Crippen molar-refractivity contribution >= 4 is 11.6 Å². The number of rotatable bonds is 3. The molecule has 2 aromatic carbocycles. The van der Waals surface area contributed by atoms with Crippen LogP contribution in [0.2, 0.25) is 5.02 Å². The molecule has 1 heterocycles. The van der Waals surface area contributed by atoms with Gasteiger partial charge in [0.1, 0.15) is 12.1 Å². The van der Waals surface area contributed by atoms with Crippen molar-refractivity contribution in [2.75, 3.05) is 0 Å². The van der Waals surface area contributed by atoms with E-state index in [0.29, 0.717) is 16.1 Å². The van der Waals surface area contributed by atoms with Crippen molar-refractivity contribution in [3.8, 4) is 0 Å². The van der Waals surface area contributed by atoms with Crippen molar-refractivity contribution in [2.45, 2.75) is 5.67 Å². The zero-order chi connectivity index (χ0) is 15.6. The molecule has 0 unspecified atom stereocenters. The van der Waals surface area contributed by atoms with Crippen LogP contribution in [0.5, 0.6) is 0 Å². The number of aromatic nitrogens is 2. The first-order chi connectivity index (χ1) is 10.6. The standard InChI is InChI=1S/C17H11ClF2N2/c18-15-5-1-12(2-6-15)17(20,14-9-21-11-22-10-14)13-3-7-16(19)8-4-13/h1-11H/t17-/m1/s1. The van der Waals surface area contributed by atoms with Crippen LogP contribution in [-0.4, -0.2) is 9.97 Å². The van der Waals surface area contributed by atoms with E-state index in [1.807, 2.05) is 0 Å². The van der Waals surface area contributed by atoms with Crippen LogP contribution in [0.4, 0.5) is 8.78 Å². The first-order valence-corrected chi connectivity index (χ1v) is 6.95. The molecule has 0 spiro atoms. The molecular formula is C17H11ClF2N2. The second-order valence-corrected chi connectivity index (χ2v) is 5.24. The summed E-state index contributed by atoms with van der Waals surface area (Å²) in [6, 6.07) is 11.7. The van der Waals surface area contributed by atoms with Crippen LogP contribution in [0.25, 0.3) is 0 Å². The van der Waals surface area contributed by atoms with Gasteiger partial charge in [-0.15, -0.1) is 0 Å². The highest BCUT2D eigenvalue weighted by molar-refractivity contribution is 6.30. The predicted octanol–water partition coefficient (Wildman–Crippen LogP) is 4.53. The van der Waals surface area contributed by atoms with Gasteiger partial charge < -0.3 is 0 Å². The Kier molecular flexibility index (Phi) is 3.86. The summed E-state index contributed by atoms with van der Waals surface area (Å²) in [7, 11) is 0. The van der Waals surface area contributed by atoms with Gasteiger partial charge in [-0.05, 0) is 35.4 Å². The highest BCUT2D eigenvalue weighted by Gasteiger charge is 2.37. The molecule has 0 radical (unpaired) electrons. The summed E-state index contributed by atoms with van der Waals surface area (Å²) >= 11 is 5.88. The zero-order valence-electron chi connectivity index (χ0n) is 11.4. The molecule has 0 fully saturated rings. The van der Waals surface area contributed by atoms with E-state index in [2.05, 4.69) is 9.97 Å². The molecule has 0 aliphatic heterocycles. The monoisotopic (exact) mass is 316 g/mol. The van der Waals surface area contributed by atoms with E-state index in [1.165, 1.54) is 43.0 Å². The topological polar surface area (TPSA) is 25.8 Å². The minimum absolute atomic E-state index is 0.268. The van der Waals surface area contributed by atoms with Gasteiger partial charge in [0, 0.05) is 23.0 Å². The van der Waals surface area contributed by atoms with Gasteiger partial charge >= 0.3 is 0 Å². The van der Waals surface area contributed by atoms with Crippen molar-refractivity contribution in [2.24, 2.45) is 0 Å². The Hall–Kier alpha value is -2.33. The third-order valence-corrected chi connectivity index (χ3v) is 3.69. The van der Waals surface area contributed by atoms with Crippen LogP contribution in [0.1, 0.15) is 16.7 Å². The fourth-order valence-electron chi connectivity index (χ4n) is 2.34. The fraction of sp³-hybridized carbons (Fsp3) is 0.0588. The maximum absolute atomic E-state index is 16.0. The Morgan fingerprint density at radius 3 is 1.82 bits per heavy atom. The van der Waals surface area contributed by atoms with Crippen molar-refractivity contribution < 1.29 is 8.78 Å². The molecule has 110 valence electrons. The number of hydrogen-bond acceptors (Lipinski definition) is 2. The van der Waals surface area contributed by atoms with E-state index >= 15 is 4.39 Å². The second-order valence-electron chi connectivity index (χ2n) is 4.80. The maximum Gasteiger partial charge on any atom is 0.189 e. The third kappa shape index (κ3) is 2.57. The van der Waals surface area contributed by atoms with Crippen molar-refractivity contribution in [1.82, 2.24) is 9.97 Å². The largest absolute Gasteiger partial charge is 0.244 e. The van der Waals surface area contributed by atoms with Gasteiger partial charge in [0.2, 0.25) is 0 Å². The SMILES string of the molecule is Fc1ccc([C@](F)(c2ccc(Cl)cc2)c2cncnc2)cc1. The Balaban J connectivity index is 2.22. The van der Waals surface area contributed by atoms with E-state index in [-0.39, 0.29) is 5.56 Å². The number of alkyl halides is 1. The Bertz CT molecular complexity index is 713. The molecule has 0 N–H and O–H groups in total. The smallest absolute Gasteiger partial charge is 0.189 e. The molecule has 0 bridgehead atoms. The molecule has 1 atom stereocenters. The molecule has 0 saturated heterocycles. The Morgan fingerprint density at radius 2 is 1.27 bits per heavy atom. The van der Waals surface area contributed by atoms with Crippen molar-refractivity contribution in [3.05, 3.63) is 94.8 Å². The summed E-state index contributed by atoms with van der Waals surface area (Å²) in [5.74, 6) is -0.425. The zero-order valence-corrected chi connectivity index (χ0v) is 12.1. The lowest BCUT2D eigenvalue weighted by Crippen LogP contribution is -2.24. The van der Waals surface area contributed by atoms with Crippen LogP contribution >= 0.6 is 11.6 Å². The van der Waals surface area contributed by atoms with E-state index in [0.717, 1.165) is 0 Å². The molecule has 1 aromatic heterocycles. The van der Waals surface area contributed by atoms with Crippen molar-refractivity contribution in [3.63, 3.8) is 0 Å². The predicted molar refractivity (Wildman–Crippen MR) is 80.9 cm³/mol. The van der Waals surface area contributed by atoms with E-state index < -0.39 is 11.5 Å². The van der Waals surface area contributed by atoms with E-state index in [9.17, 15) is 4.39 Å².